The first kappa shape index (κ1) is 20.6. The highest BCUT2D eigenvalue weighted by Gasteiger charge is 2.34. The molecular formula is C21H19BrF3NO2. The van der Waals surface area contributed by atoms with Crippen LogP contribution in [0.3, 0.4) is 0 Å². The van der Waals surface area contributed by atoms with Crippen LogP contribution in [-0.4, -0.2) is 17.6 Å². The van der Waals surface area contributed by atoms with Gasteiger partial charge in [0.05, 0.1) is 5.56 Å². The Bertz CT molecular complexity index is 953. The second kappa shape index (κ2) is 7.72. The van der Waals surface area contributed by atoms with Gasteiger partial charge < -0.3 is 10.0 Å². The number of aldehydes is 1. The van der Waals surface area contributed by atoms with Gasteiger partial charge in [0.2, 0.25) is 0 Å². The predicted molar refractivity (Wildman–Crippen MR) is 106 cm³/mol. The predicted octanol–water partition coefficient (Wildman–Crippen LogP) is 5.36. The van der Waals surface area contributed by atoms with E-state index in [2.05, 4.69) is 15.9 Å². The number of fused-ring (bicyclic) bond motifs is 1. The number of carbonyl (C=O) groups excluding carboxylic acids is 1. The van der Waals surface area contributed by atoms with Gasteiger partial charge in [0.1, 0.15) is 12.5 Å². The van der Waals surface area contributed by atoms with Crippen molar-refractivity contribution in [1.82, 2.24) is 0 Å². The Morgan fingerprint density at radius 1 is 1.18 bits per heavy atom. The van der Waals surface area contributed by atoms with Gasteiger partial charge >= 0.3 is 6.18 Å². The Morgan fingerprint density at radius 2 is 1.89 bits per heavy atom. The van der Waals surface area contributed by atoms with E-state index in [9.17, 15) is 23.1 Å². The van der Waals surface area contributed by atoms with E-state index in [-0.39, 0.29) is 18.7 Å². The van der Waals surface area contributed by atoms with Gasteiger partial charge in [-0.3, -0.25) is 4.79 Å². The normalized spacial score (nSPS) is 17.4. The lowest BCUT2D eigenvalue weighted by Crippen LogP contribution is -2.35. The van der Waals surface area contributed by atoms with Crippen molar-refractivity contribution in [2.24, 2.45) is 0 Å². The number of alkyl halides is 3. The van der Waals surface area contributed by atoms with Crippen LogP contribution in [0.5, 0.6) is 0 Å². The number of aryl methyl sites for hydroxylation is 2. The van der Waals surface area contributed by atoms with Crippen LogP contribution in [-0.2, 0) is 17.5 Å². The van der Waals surface area contributed by atoms with Gasteiger partial charge in [-0.05, 0) is 58.6 Å². The Balaban J connectivity index is 2.14. The molecule has 28 heavy (non-hydrogen) atoms. The summed E-state index contributed by atoms with van der Waals surface area (Å²) in [6, 6.07) is 9.10. The maximum Gasteiger partial charge on any atom is 0.416 e. The van der Waals surface area contributed by atoms with Crippen molar-refractivity contribution in [2.75, 3.05) is 4.90 Å². The highest BCUT2D eigenvalue weighted by atomic mass is 79.9. The van der Waals surface area contributed by atoms with Crippen molar-refractivity contribution in [3.8, 4) is 0 Å². The van der Waals surface area contributed by atoms with Crippen molar-refractivity contribution in [2.45, 2.75) is 39.2 Å². The molecule has 1 N–H and O–H groups in total. The summed E-state index contributed by atoms with van der Waals surface area (Å²) < 4.78 is 40.3. The Morgan fingerprint density at radius 3 is 2.50 bits per heavy atom. The number of hydrogen-bond acceptors (Lipinski definition) is 3. The van der Waals surface area contributed by atoms with Crippen LogP contribution in [0.25, 0.3) is 4.48 Å². The van der Waals surface area contributed by atoms with Crippen molar-refractivity contribution < 1.29 is 23.1 Å². The molecule has 0 saturated carbocycles. The highest BCUT2D eigenvalue weighted by molar-refractivity contribution is 9.15. The van der Waals surface area contributed by atoms with Crippen molar-refractivity contribution in [1.29, 1.82) is 0 Å². The van der Waals surface area contributed by atoms with E-state index in [4.69, 9.17) is 0 Å². The number of rotatable bonds is 3. The smallest absolute Gasteiger partial charge is 0.373 e. The molecule has 2 aromatic carbocycles. The highest BCUT2D eigenvalue weighted by Crippen LogP contribution is 2.42. The molecule has 0 aromatic heterocycles. The summed E-state index contributed by atoms with van der Waals surface area (Å²) in [7, 11) is 0. The molecule has 0 bridgehead atoms. The van der Waals surface area contributed by atoms with Crippen LogP contribution < -0.4 is 4.90 Å². The molecule has 0 fully saturated rings. The van der Waals surface area contributed by atoms with Gasteiger partial charge in [-0.15, -0.1) is 0 Å². The Hall–Kier alpha value is -2.12. The number of carbonyl (C=O) groups is 1. The molecule has 1 aliphatic rings. The Labute approximate surface area is 169 Å². The topological polar surface area (TPSA) is 40.5 Å². The number of aliphatic hydroxyl groups is 1. The van der Waals surface area contributed by atoms with Crippen molar-refractivity contribution in [3.05, 3.63) is 69.8 Å². The molecule has 1 atom stereocenters. The fraction of sp³-hybridized carbons (Fsp3) is 0.286. The lowest BCUT2D eigenvalue weighted by molar-refractivity contribution is -0.137. The molecule has 3 rings (SSSR count). The zero-order valence-corrected chi connectivity index (χ0v) is 16.9. The third kappa shape index (κ3) is 4.00. The maximum atomic E-state index is 13.3. The van der Waals surface area contributed by atoms with Gasteiger partial charge in [-0.25, -0.2) is 0 Å². The van der Waals surface area contributed by atoms with Crippen LogP contribution in [0.4, 0.5) is 18.9 Å². The second-order valence-corrected chi connectivity index (χ2v) is 7.71. The average Bonchev–Trinajstić information content (AvgIpc) is 2.73. The number of anilines is 1. The third-order valence-corrected chi connectivity index (χ3v) is 5.92. The van der Waals surface area contributed by atoms with Gasteiger partial charge in [-0.2, -0.15) is 13.2 Å². The Kier molecular flexibility index (Phi) is 5.68. The number of halogens is 4. The van der Waals surface area contributed by atoms with Crippen LogP contribution in [0.15, 0.2) is 42.0 Å². The number of nitrogens with zero attached hydrogens (tertiary/aromatic N) is 1. The van der Waals surface area contributed by atoms with Crippen molar-refractivity contribution in [3.63, 3.8) is 0 Å². The molecule has 0 amide bonds. The first-order chi connectivity index (χ1) is 13.1. The van der Waals surface area contributed by atoms with Gasteiger partial charge in [0.25, 0.3) is 0 Å². The summed E-state index contributed by atoms with van der Waals surface area (Å²) in [5.41, 5.74) is 3.18. The summed E-state index contributed by atoms with van der Waals surface area (Å²) in [5, 5.41) is 10.7. The van der Waals surface area contributed by atoms with E-state index >= 15 is 0 Å². The van der Waals surface area contributed by atoms with Crippen LogP contribution >= 0.6 is 15.9 Å². The average molecular weight is 454 g/mol. The number of hydrogen-bond donors (Lipinski definition) is 1. The van der Waals surface area contributed by atoms with Crippen molar-refractivity contribution >= 4 is 32.4 Å². The monoisotopic (exact) mass is 453 g/mol. The van der Waals surface area contributed by atoms with E-state index in [1.165, 1.54) is 11.0 Å². The number of aliphatic hydroxyl groups excluding tert-OH is 1. The molecule has 0 radical (unpaired) electrons. The van der Waals surface area contributed by atoms with Gasteiger partial charge in [0, 0.05) is 34.3 Å². The SMILES string of the molecule is Cc1ccc(CN2c3cc(C(F)(F)F)ccc3C(Br)=C(C=O)CC2O)cc1C. The molecule has 0 spiro atoms. The minimum Gasteiger partial charge on any atom is -0.373 e. The molecule has 0 saturated heterocycles. The molecule has 1 heterocycles. The zero-order chi connectivity index (χ0) is 20.6. The summed E-state index contributed by atoms with van der Waals surface area (Å²) >= 11 is 3.33. The molecule has 148 valence electrons. The molecule has 1 aliphatic heterocycles. The van der Waals surface area contributed by atoms with E-state index in [1.807, 2.05) is 32.0 Å². The maximum absolute atomic E-state index is 13.3. The second-order valence-electron chi connectivity index (χ2n) is 6.92. The fourth-order valence-corrected chi connectivity index (χ4v) is 3.84. The summed E-state index contributed by atoms with van der Waals surface area (Å²) in [4.78, 5) is 13.0. The lowest BCUT2D eigenvalue weighted by atomic mass is 10.0. The first-order valence-corrected chi connectivity index (χ1v) is 9.47. The molecule has 0 aliphatic carbocycles. The summed E-state index contributed by atoms with van der Waals surface area (Å²) in [6.45, 7) is 4.14. The zero-order valence-electron chi connectivity index (χ0n) is 15.3. The molecule has 2 aromatic rings. The standard InChI is InChI=1S/C21H19BrF3NO2/c1-12-3-4-14(7-13(12)2)10-26-18-9-16(21(23,24)25)5-6-17(18)20(22)15(11-27)8-19(26)28/h3-7,9,11,19,28H,8,10H2,1-2H3. The van der Waals surface area contributed by atoms with E-state index in [1.54, 1.807) is 0 Å². The molecule has 7 heteroatoms. The minimum atomic E-state index is -4.51. The van der Waals surface area contributed by atoms with Gasteiger partial charge in [-0.1, -0.05) is 24.3 Å². The van der Waals surface area contributed by atoms with E-state index in [0.717, 1.165) is 28.8 Å². The lowest BCUT2D eigenvalue weighted by Gasteiger charge is -2.31. The van der Waals surface area contributed by atoms with E-state index in [0.29, 0.717) is 21.9 Å². The van der Waals surface area contributed by atoms with Gasteiger partial charge in [0.15, 0.2) is 0 Å². The third-order valence-electron chi connectivity index (χ3n) is 4.98. The quantitative estimate of drug-likeness (QED) is 0.636. The van der Waals surface area contributed by atoms with E-state index < -0.39 is 18.0 Å². The van der Waals surface area contributed by atoms with Crippen LogP contribution in [0, 0.1) is 13.8 Å². The summed E-state index contributed by atoms with van der Waals surface area (Å²) in [6.07, 6.45) is -5.03. The fourth-order valence-electron chi connectivity index (χ4n) is 3.25. The summed E-state index contributed by atoms with van der Waals surface area (Å²) in [5.74, 6) is 0. The van der Waals surface area contributed by atoms with Crippen LogP contribution in [0.2, 0.25) is 0 Å². The molecular weight excluding hydrogens is 435 g/mol. The largest absolute Gasteiger partial charge is 0.416 e. The molecule has 1 unspecified atom stereocenters. The minimum absolute atomic E-state index is 0.00492. The first-order valence-electron chi connectivity index (χ1n) is 8.68. The number of benzene rings is 2. The van der Waals surface area contributed by atoms with Crippen LogP contribution in [0.1, 0.15) is 34.2 Å². The molecule has 3 nitrogen and oxygen atoms in total.